The van der Waals surface area contributed by atoms with Crippen LogP contribution in [0.1, 0.15) is 0 Å². The van der Waals surface area contributed by atoms with E-state index in [-0.39, 0.29) is 6.42 Å². The third kappa shape index (κ3) is 2.01. The molecule has 0 aliphatic rings. The summed E-state index contributed by atoms with van der Waals surface area (Å²) >= 11 is 0. The summed E-state index contributed by atoms with van der Waals surface area (Å²) in [5, 5.41) is 2.31. The molecule has 0 aliphatic carbocycles. The molecule has 0 nitrogen and oxygen atoms in total. The van der Waals surface area contributed by atoms with Crippen molar-refractivity contribution in [2.45, 2.75) is 0 Å². The molecule has 0 radical (unpaired) electrons. The van der Waals surface area contributed by atoms with E-state index in [0.717, 1.165) is 10.6 Å². The molecule has 0 saturated carbocycles. The first-order valence-electron chi connectivity index (χ1n) is 5.44. The molecule has 2 rings (SSSR count). The van der Waals surface area contributed by atoms with Crippen molar-refractivity contribution in [2.24, 2.45) is 0 Å². The van der Waals surface area contributed by atoms with Gasteiger partial charge in [0, 0.05) is 0 Å². The normalized spacial score (nSPS) is 12.4. The molecule has 0 N–H and O–H groups in total. The molecule has 0 atom stereocenters. The van der Waals surface area contributed by atoms with Crippen LogP contribution in [0.5, 0.6) is 0 Å². The van der Waals surface area contributed by atoms with Crippen molar-refractivity contribution in [1.82, 2.24) is 0 Å². The summed E-state index contributed by atoms with van der Waals surface area (Å²) in [5.74, 6) is 0. The van der Waals surface area contributed by atoms with Crippen molar-refractivity contribution >= 4 is 17.9 Å². The Balaban J connectivity index is 2.49. The van der Waals surface area contributed by atoms with Gasteiger partial charge in [-0.1, -0.05) is 0 Å². The van der Waals surface area contributed by atoms with Crippen molar-refractivity contribution in [2.75, 3.05) is 13.1 Å². The summed E-state index contributed by atoms with van der Waals surface area (Å²) in [5.41, 5.74) is 0. The summed E-state index contributed by atoms with van der Waals surface area (Å²) < 4.78 is 13.5. The van der Waals surface area contributed by atoms with Gasteiger partial charge in [0.05, 0.1) is 0 Å². The minimum absolute atomic E-state index is 0.249. The summed E-state index contributed by atoms with van der Waals surface area (Å²) in [4.78, 5) is 0. The molecular weight excluding hydrogens is 218 g/mol. The summed E-state index contributed by atoms with van der Waals surface area (Å²) in [6, 6.07) is 20.1. The standard InChI is InChI=1S/C14H16FP/c1-16(12-15,13-8-4-2-5-9-13)14-10-6-3-7-11-14/h2-11,16H,12H2,1H3. The van der Waals surface area contributed by atoms with Gasteiger partial charge in [-0.25, -0.2) is 0 Å². The van der Waals surface area contributed by atoms with Gasteiger partial charge in [0.2, 0.25) is 0 Å². The van der Waals surface area contributed by atoms with Crippen molar-refractivity contribution in [3.05, 3.63) is 60.7 Å². The topological polar surface area (TPSA) is 0 Å². The zero-order valence-corrected chi connectivity index (χ0v) is 10.4. The van der Waals surface area contributed by atoms with Crippen LogP contribution >= 0.6 is 7.26 Å². The fourth-order valence-electron chi connectivity index (χ4n) is 1.93. The fraction of sp³-hybridized carbons (Fsp3) is 0.143. The quantitative estimate of drug-likeness (QED) is 0.716. The number of hydrogen-bond donors (Lipinski definition) is 0. The van der Waals surface area contributed by atoms with Crippen LogP contribution in [0.15, 0.2) is 60.7 Å². The molecule has 0 fully saturated rings. The molecule has 16 heavy (non-hydrogen) atoms. The summed E-state index contributed by atoms with van der Waals surface area (Å²) in [6.07, 6.45) is -0.249. The van der Waals surface area contributed by atoms with Gasteiger partial charge in [0.25, 0.3) is 0 Å². The summed E-state index contributed by atoms with van der Waals surface area (Å²) in [6.45, 7) is 2.08. The van der Waals surface area contributed by atoms with Gasteiger partial charge < -0.3 is 0 Å². The maximum atomic E-state index is 13.5. The van der Waals surface area contributed by atoms with Crippen molar-refractivity contribution in [3.63, 3.8) is 0 Å². The van der Waals surface area contributed by atoms with E-state index in [1.54, 1.807) is 0 Å². The van der Waals surface area contributed by atoms with Gasteiger partial charge in [-0.05, 0) is 0 Å². The van der Waals surface area contributed by atoms with Crippen LogP contribution in [0.2, 0.25) is 0 Å². The van der Waals surface area contributed by atoms with Crippen molar-refractivity contribution < 1.29 is 4.39 Å². The Morgan fingerprint density at radius 1 is 0.812 bits per heavy atom. The zero-order chi connectivity index (χ0) is 11.4. The van der Waals surface area contributed by atoms with Crippen LogP contribution in [0, 0.1) is 0 Å². The first-order chi connectivity index (χ1) is 7.77. The molecule has 2 aromatic carbocycles. The van der Waals surface area contributed by atoms with Crippen LogP contribution in [0.25, 0.3) is 0 Å². The Morgan fingerprint density at radius 2 is 1.19 bits per heavy atom. The van der Waals surface area contributed by atoms with Crippen LogP contribution in [0.4, 0.5) is 4.39 Å². The monoisotopic (exact) mass is 234 g/mol. The molecule has 0 unspecified atom stereocenters. The Morgan fingerprint density at radius 3 is 1.50 bits per heavy atom. The second-order valence-electron chi connectivity index (χ2n) is 4.20. The first kappa shape index (κ1) is 11.3. The average Bonchev–Trinajstić information content (AvgIpc) is 2.40. The molecule has 0 aromatic heterocycles. The molecule has 0 aliphatic heterocycles. The van der Waals surface area contributed by atoms with Crippen LogP contribution < -0.4 is 10.6 Å². The van der Waals surface area contributed by atoms with E-state index in [2.05, 4.69) is 6.66 Å². The average molecular weight is 234 g/mol. The Labute approximate surface area is 96.5 Å². The van der Waals surface area contributed by atoms with Gasteiger partial charge in [0.1, 0.15) is 0 Å². The maximum absolute atomic E-state index is 13.5. The molecule has 0 spiro atoms. The van der Waals surface area contributed by atoms with Gasteiger partial charge in [-0.3, -0.25) is 0 Å². The molecular formula is C14H16FP. The van der Waals surface area contributed by atoms with E-state index in [4.69, 9.17) is 0 Å². The number of halogens is 1. The Kier molecular flexibility index (Phi) is 3.36. The first-order valence-corrected chi connectivity index (χ1v) is 8.15. The van der Waals surface area contributed by atoms with Crippen LogP contribution in [0.3, 0.4) is 0 Å². The molecule has 84 valence electrons. The van der Waals surface area contributed by atoms with Crippen LogP contribution in [-0.2, 0) is 0 Å². The second kappa shape index (κ2) is 4.76. The summed E-state index contributed by atoms with van der Waals surface area (Å²) in [7, 11) is -2.14. The number of benzene rings is 2. The molecule has 0 saturated heterocycles. The van der Waals surface area contributed by atoms with Crippen molar-refractivity contribution in [3.8, 4) is 0 Å². The van der Waals surface area contributed by atoms with Gasteiger partial charge in [-0.2, -0.15) is 0 Å². The molecule has 2 heteroatoms. The molecule has 0 amide bonds. The molecule has 0 bridgehead atoms. The number of hydrogen-bond acceptors (Lipinski definition) is 0. The van der Waals surface area contributed by atoms with Gasteiger partial charge in [-0.15, -0.1) is 0 Å². The van der Waals surface area contributed by atoms with Crippen LogP contribution in [-0.4, -0.2) is 13.1 Å². The SMILES string of the molecule is C[PH](CF)(c1ccccc1)c1ccccc1. The molecule has 2 aromatic rings. The fourth-order valence-corrected chi connectivity index (χ4v) is 4.43. The zero-order valence-electron chi connectivity index (χ0n) is 9.36. The van der Waals surface area contributed by atoms with E-state index in [9.17, 15) is 4.39 Å². The predicted molar refractivity (Wildman–Crippen MR) is 72.4 cm³/mol. The third-order valence-electron chi connectivity index (χ3n) is 3.09. The van der Waals surface area contributed by atoms with Gasteiger partial charge >= 0.3 is 96.0 Å². The number of alkyl halides is 1. The predicted octanol–water partition coefficient (Wildman–Crippen LogP) is 2.94. The Bertz CT molecular complexity index is 399. The van der Waals surface area contributed by atoms with E-state index in [0.29, 0.717) is 0 Å². The second-order valence-corrected chi connectivity index (χ2v) is 8.28. The van der Waals surface area contributed by atoms with E-state index in [1.807, 2.05) is 60.7 Å². The van der Waals surface area contributed by atoms with E-state index < -0.39 is 7.26 Å². The third-order valence-corrected chi connectivity index (χ3v) is 6.84. The Hall–Kier alpha value is -1.20. The minimum atomic E-state index is -2.14. The number of rotatable bonds is 3. The van der Waals surface area contributed by atoms with Gasteiger partial charge in [0.15, 0.2) is 0 Å². The van der Waals surface area contributed by atoms with E-state index in [1.165, 1.54) is 0 Å². The van der Waals surface area contributed by atoms with Crippen molar-refractivity contribution in [1.29, 1.82) is 0 Å². The van der Waals surface area contributed by atoms with E-state index >= 15 is 0 Å². The molecule has 0 heterocycles.